The molecule has 0 saturated heterocycles. The number of ether oxygens (including phenoxy) is 1. The molecule has 0 bridgehead atoms. The number of halogens is 2. The van der Waals surface area contributed by atoms with E-state index in [1.807, 2.05) is 31.3 Å². The van der Waals surface area contributed by atoms with Crippen molar-refractivity contribution in [2.45, 2.75) is 6.54 Å². The first-order chi connectivity index (χ1) is 10.0. The van der Waals surface area contributed by atoms with Gasteiger partial charge >= 0.3 is 0 Å². The topological polar surface area (TPSA) is 64.4 Å². The second-order valence-corrected chi connectivity index (χ2v) is 5.98. The Bertz CT molecular complexity index is 654. The Morgan fingerprint density at radius 1 is 1.24 bits per heavy atom. The van der Waals surface area contributed by atoms with Crippen molar-refractivity contribution < 1.29 is 9.66 Å². The lowest BCUT2D eigenvalue weighted by atomic mass is 10.2. The highest BCUT2D eigenvalue weighted by Gasteiger charge is 2.15. The lowest BCUT2D eigenvalue weighted by Gasteiger charge is -2.11. The van der Waals surface area contributed by atoms with E-state index in [0.717, 1.165) is 12.1 Å². The van der Waals surface area contributed by atoms with E-state index < -0.39 is 4.92 Å². The van der Waals surface area contributed by atoms with E-state index in [1.54, 1.807) is 0 Å². The molecule has 0 fully saturated rings. The normalized spacial score (nSPS) is 10.4. The third kappa shape index (κ3) is 4.03. The Kier molecular flexibility index (Phi) is 5.33. The number of nitrogens with one attached hydrogen (secondary N) is 1. The molecule has 0 aliphatic carbocycles. The second-order valence-electron chi connectivity index (χ2n) is 4.28. The molecule has 0 aromatic heterocycles. The molecule has 2 rings (SSSR count). The van der Waals surface area contributed by atoms with Gasteiger partial charge in [0.25, 0.3) is 5.69 Å². The van der Waals surface area contributed by atoms with Crippen molar-refractivity contribution in [2.75, 3.05) is 7.05 Å². The van der Waals surface area contributed by atoms with E-state index in [9.17, 15) is 10.1 Å². The molecule has 5 nitrogen and oxygen atoms in total. The number of nitrogens with zero attached hydrogens (tertiary/aromatic N) is 1. The van der Waals surface area contributed by atoms with Gasteiger partial charge in [-0.05, 0) is 56.6 Å². The van der Waals surface area contributed by atoms with Gasteiger partial charge in [-0.3, -0.25) is 10.1 Å². The molecule has 0 aliphatic heterocycles. The van der Waals surface area contributed by atoms with Crippen molar-refractivity contribution in [2.24, 2.45) is 0 Å². The molecule has 0 amide bonds. The summed E-state index contributed by atoms with van der Waals surface area (Å²) in [7, 11) is 1.87. The molecule has 2 aromatic rings. The highest BCUT2D eigenvalue weighted by atomic mass is 79.9. The van der Waals surface area contributed by atoms with E-state index in [2.05, 4.69) is 37.2 Å². The van der Waals surface area contributed by atoms with Gasteiger partial charge in [0.05, 0.1) is 13.9 Å². The molecule has 1 N–H and O–H groups in total. The number of nitro benzene ring substituents is 1. The van der Waals surface area contributed by atoms with Crippen LogP contribution in [0.3, 0.4) is 0 Å². The van der Waals surface area contributed by atoms with Crippen LogP contribution in [-0.4, -0.2) is 12.0 Å². The molecule has 0 radical (unpaired) electrons. The highest BCUT2D eigenvalue weighted by molar-refractivity contribution is 9.11. The Morgan fingerprint density at radius 3 is 2.48 bits per heavy atom. The van der Waals surface area contributed by atoms with Crippen LogP contribution in [0.5, 0.6) is 11.5 Å². The van der Waals surface area contributed by atoms with Gasteiger partial charge in [-0.1, -0.05) is 12.1 Å². The lowest BCUT2D eigenvalue weighted by molar-refractivity contribution is -0.385. The predicted molar refractivity (Wildman–Crippen MR) is 87.8 cm³/mol. The van der Waals surface area contributed by atoms with Gasteiger partial charge in [-0.15, -0.1) is 0 Å². The summed E-state index contributed by atoms with van der Waals surface area (Å²) in [6.45, 7) is 0.736. The standard InChI is InChI=1S/C14H12Br2N2O3/c1-17-8-9-3-2-4-11(5-9)21-14-12(15)6-10(18(19)20)7-13(14)16/h2-7,17H,8H2,1H3. The summed E-state index contributed by atoms with van der Waals surface area (Å²) in [6.07, 6.45) is 0. The van der Waals surface area contributed by atoms with Crippen LogP contribution >= 0.6 is 31.9 Å². The number of hydrogen-bond donors (Lipinski definition) is 1. The van der Waals surface area contributed by atoms with Crippen molar-refractivity contribution in [3.05, 3.63) is 61.0 Å². The molecule has 0 heterocycles. The largest absolute Gasteiger partial charge is 0.455 e. The van der Waals surface area contributed by atoms with Crippen LogP contribution in [0.4, 0.5) is 5.69 Å². The Labute approximate surface area is 138 Å². The van der Waals surface area contributed by atoms with Crippen molar-refractivity contribution >= 4 is 37.5 Å². The summed E-state index contributed by atoms with van der Waals surface area (Å²) in [6, 6.07) is 10.5. The molecule has 2 aromatic carbocycles. The first-order valence-corrected chi connectivity index (χ1v) is 7.64. The second kappa shape index (κ2) is 7.02. The minimum atomic E-state index is -0.452. The van der Waals surface area contributed by atoms with Crippen LogP contribution in [0.2, 0.25) is 0 Å². The van der Waals surface area contributed by atoms with Crippen LogP contribution in [0, 0.1) is 10.1 Å². The Morgan fingerprint density at radius 2 is 1.90 bits per heavy atom. The maximum absolute atomic E-state index is 10.8. The monoisotopic (exact) mass is 414 g/mol. The molecular weight excluding hydrogens is 404 g/mol. The molecule has 0 spiro atoms. The molecule has 0 unspecified atom stereocenters. The van der Waals surface area contributed by atoms with Crippen molar-refractivity contribution in [1.29, 1.82) is 0 Å². The number of benzene rings is 2. The zero-order chi connectivity index (χ0) is 15.4. The highest BCUT2D eigenvalue weighted by Crippen LogP contribution is 2.39. The zero-order valence-corrected chi connectivity index (χ0v) is 14.3. The van der Waals surface area contributed by atoms with Gasteiger partial charge in [0, 0.05) is 18.7 Å². The van der Waals surface area contributed by atoms with E-state index in [1.165, 1.54) is 12.1 Å². The van der Waals surface area contributed by atoms with Gasteiger partial charge in [0.2, 0.25) is 0 Å². The van der Waals surface area contributed by atoms with Crippen molar-refractivity contribution in [3.8, 4) is 11.5 Å². The lowest BCUT2D eigenvalue weighted by Crippen LogP contribution is -2.04. The molecular formula is C14H12Br2N2O3. The summed E-state index contributed by atoms with van der Waals surface area (Å²) in [5.74, 6) is 1.17. The van der Waals surface area contributed by atoms with Crippen LogP contribution in [0.15, 0.2) is 45.3 Å². The van der Waals surface area contributed by atoms with Gasteiger partial charge in [0.1, 0.15) is 5.75 Å². The minimum Gasteiger partial charge on any atom is -0.455 e. The van der Waals surface area contributed by atoms with Crippen molar-refractivity contribution in [3.63, 3.8) is 0 Å². The Hall–Kier alpha value is -1.44. The number of non-ortho nitro benzene ring substituents is 1. The zero-order valence-electron chi connectivity index (χ0n) is 11.1. The molecule has 21 heavy (non-hydrogen) atoms. The third-order valence-electron chi connectivity index (χ3n) is 2.69. The van der Waals surface area contributed by atoms with Gasteiger partial charge in [-0.25, -0.2) is 0 Å². The van der Waals surface area contributed by atoms with E-state index in [4.69, 9.17) is 4.74 Å². The van der Waals surface area contributed by atoms with Gasteiger partial charge in [0.15, 0.2) is 5.75 Å². The Balaban J connectivity index is 2.31. The smallest absolute Gasteiger partial charge is 0.271 e. The van der Waals surface area contributed by atoms with E-state index in [-0.39, 0.29) is 5.69 Å². The van der Waals surface area contributed by atoms with Crippen LogP contribution < -0.4 is 10.1 Å². The maximum Gasteiger partial charge on any atom is 0.271 e. The van der Waals surface area contributed by atoms with Gasteiger partial charge in [-0.2, -0.15) is 0 Å². The summed E-state index contributed by atoms with van der Waals surface area (Å²) < 4.78 is 6.85. The molecule has 0 atom stereocenters. The van der Waals surface area contributed by atoms with E-state index in [0.29, 0.717) is 20.4 Å². The molecule has 0 saturated carbocycles. The summed E-state index contributed by atoms with van der Waals surface area (Å²) in [5, 5.41) is 13.9. The van der Waals surface area contributed by atoms with Crippen LogP contribution in [0.25, 0.3) is 0 Å². The fraction of sp³-hybridized carbons (Fsp3) is 0.143. The quantitative estimate of drug-likeness (QED) is 0.571. The average molecular weight is 416 g/mol. The summed E-state index contributed by atoms with van der Waals surface area (Å²) in [4.78, 5) is 10.4. The number of nitro groups is 1. The number of rotatable bonds is 5. The van der Waals surface area contributed by atoms with Gasteiger partial charge < -0.3 is 10.1 Å². The minimum absolute atomic E-state index is 0.00923. The average Bonchev–Trinajstić information content (AvgIpc) is 2.43. The predicted octanol–water partition coefficient (Wildman–Crippen LogP) is 4.63. The van der Waals surface area contributed by atoms with E-state index >= 15 is 0 Å². The maximum atomic E-state index is 10.8. The van der Waals surface area contributed by atoms with Crippen molar-refractivity contribution in [1.82, 2.24) is 5.32 Å². The summed E-state index contributed by atoms with van der Waals surface area (Å²) >= 11 is 6.60. The number of hydrogen-bond acceptors (Lipinski definition) is 4. The third-order valence-corrected chi connectivity index (χ3v) is 3.87. The van der Waals surface area contributed by atoms with Crippen LogP contribution in [0.1, 0.15) is 5.56 Å². The molecule has 7 heteroatoms. The first-order valence-electron chi connectivity index (χ1n) is 6.06. The summed E-state index contributed by atoms with van der Waals surface area (Å²) in [5.41, 5.74) is 1.08. The fourth-order valence-electron chi connectivity index (χ4n) is 1.79. The van der Waals surface area contributed by atoms with Crippen LogP contribution in [-0.2, 0) is 6.54 Å². The molecule has 0 aliphatic rings. The molecule has 110 valence electrons. The fourth-order valence-corrected chi connectivity index (χ4v) is 3.11. The SMILES string of the molecule is CNCc1cccc(Oc2c(Br)cc([N+](=O)[O-])cc2Br)c1. The first kappa shape index (κ1) is 15.9.